The van der Waals surface area contributed by atoms with Gasteiger partial charge in [-0.2, -0.15) is 13.2 Å². The molecule has 0 aliphatic carbocycles. The number of hydrogen-bond donors (Lipinski definition) is 1. The number of alkyl halides is 4. The fourth-order valence-corrected chi connectivity index (χ4v) is 4.17. The number of carboxylic acid groups (broad SMARTS) is 1. The van der Waals surface area contributed by atoms with Gasteiger partial charge in [-0.15, -0.1) is 0 Å². The summed E-state index contributed by atoms with van der Waals surface area (Å²) in [6, 6.07) is 5.78. The van der Waals surface area contributed by atoms with Gasteiger partial charge in [-0.3, -0.25) is 19.3 Å². The molecule has 0 fully saturated rings. The molecule has 0 unspecified atom stereocenters. The van der Waals surface area contributed by atoms with E-state index in [0.717, 1.165) is 12.1 Å². The molecule has 1 heterocycles. The summed E-state index contributed by atoms with van der Waals surface area (Å²) < 4.78 is 67.1. The van der Waals surface area contributed by atoms with Crippen LogP contribution in [0.15, 0.2) is 36.4 Å². The molecule has 7 nitrogen and oxygen atoms in total. The number of fused-ring (bicyclic) bond motifs is 1. The van der Waals surface area contributed by atoms with E-state index in [4.69, 9.17) is 21.1 Å². The molecule has 2 aromatic carbocycles. The van der Waals surface area contributed by atoms with Crippen LogP contribution < -0.4 is 9.64 Å². The molecule has 12 heteroatoms. The minimum atomic E-state index is -4.82. The zero-order valence-corrected chi connectivity index (χ0v) is 20.1. The number of carbonyl (C=O) groups is 3. The van der Waals surface area contributed by atoms with E-state index >= 15 is 4.39 Å². The molecule has 2 aromatic rings. The van der Waals surface area contributed by atoms with Crippen molar-refractivity contribution in [3.8, 4) is 5.75 Å². The van der Waals surface area contributed by atoms with Crippen molar-refractivity contribution in [2.24, 2.45) is 11.8 Å². The molecule has 0 saturated heterocycles. The summed E-state index contributed by atoms with van der Waals surface area (Å²) >= 11 is 6.00. The maximum atomic E-state index is 16.7. The first-order chi connectivity index (χ1) is 16.8. The number of halogens is 5. The van der Waals surface area contributed by atoms with E-state index in [1.54, 1.807) is 6.92 Å². The lowest BCUT2D eigenvalue weighted by atomic mass is 9.88. The predicted octanol–water partition coefficient (Wildman–Crippen LogP) is 5.17. The van der Waals surface area contributed by atoms with Crippen molar-refractivity contribution in [1.29, 1.82) is 0 Å². The maximum absolute atomic E-state index is 16.7. The number of methoxy groups -OCH3 is 1. The van der Waals surface area contributed by atoms with E-state index in [-0.39, 0.29) is 16.3 Å². The van der Waals surface area contributed by atoms with Gasteiger partial charge in [0.25, 0.3) is 5.91 Å². The van der Waals surface area contributed by atoms with Gasteiger partial charge in [0.2, 0.25) is 5.67 Å². The second-order valence-electron chi connectivity index (χ2n) is 8.26. The van der Waals surface area contributed by atoms with Crippen LogP contribution in [0.25, 0.3) is 0 Å². The summed E-state index contributed by atoms with van der Waals surface area (Å²) in [6.45, 7) is 2.15. The number of amides is 1. The number of hydrogen-bond acceptors (Lipinski definition) is 5. The molecule has 1 N–H and O–H groups in total. The topological polar surface area (TPSA) is 93.1 Å². The lowest BCUT2D eigenvalue weighted by Crippen LogP contribution is -2.41. The Bertz CT molecular complexity index is 1200. The monoisotopic (exact) mass is 531 g/mol. The second-order valence-corrected chi connectivity index (χ2v) is 8.70. The third-order valence-electron chi connectivity index (χ3n) is 6.13. The Balaban J connectivity index is 2.10. The molecule has 194 valence electrons. The summed E-state index contributed by atoms with van der Waals surface area (Å²) in [4.78, 5) is 38.0. The van der Waals surface area contributed by atoms with Gasteiger partial charge in [-0.1, -0.05) is 37.9 Å². The van der Waals surface area contributed by atoms with Crippen molar-refractivity contribution >= 4 is 35.1 Å². The number of anilines is 1. The second kappa shape index (κ2) is 9.96. The molecule has 0 spiro atoms. The van der Waals surface area contributed by atoms with Crippen molar-refractivity contribution in [3.63, 3.8) is 0 Å². The number of carbonyl (C=O) groups excluding carboxylic acids is 2. The first kappa shape index (κ1) is 27.3. The Hall–Kier alpha value is -3.34. The molecule has 36 heavy (non-hydrogen) atoms. The average Bonchev–Trinajstić information content (AvgIpc) is 3.03. The van der Waals surface area contributed by atoms with Gasteiger partial charge >= 0.3 is 18.1 Å². The van der Waals surface area contributed by atoms with Gasteiger partial charge in [0, 0.05) is 16.1 Å². The van der Waals surface area contributed by atoms with E-state index in [2.05, 4.69) is 0 Å². The summed E-state index contributed by atoms with van der Waals surface area (Å²) in [5.41, 5.74) is -5.52. The molecule has 3 rings (SSSR count). The van der Waals surface area contributed by atoms with Crippen molar-refractivity contribution in [2.75, 3.05) is 18.7 Å². The number of benzene rings is 2. The Morgan fingerprint density at radius 1 is 1.17 bits per heavy atom. The van der Waals surface area contributed by atoms with Gasteiger partial charge in [-0.25, -0.2) is 4.39 Å². The van der Waals surface area contributed by atoms with Gasteiger partial charge in [0.05, 0.1) is 18.4 Å². The van der Waals surface area contributed by atoms with E-state index in [9.17, 15) is 32.7 Å². The van der Waals surface area contributed by atoms with Crippen LogP contribution in [-0.4, -0.2) is 36.8 Å². The Morgan fingerprint density at radius 2 is 1.83 bits per heavy atom. The molecule has 1 aliphatic heterocycles. The van der Waals surface area contributed by atoms with Crippen LogP contribution in [0.4, 0.5) is 23.2 Å². The highest BCUT2D eigenvalue weighted by Crippen LogP contribution is 2.51. The Kier molecular flexibility index (Phi) is 7.54. The number of rotatable bonds is 8. The normalized spacial score (nSPS) is 19.0. The lowest BCUT2D eigenvalue weighted by molar-refractivity contribution is -0.161. The highest BCUT2D eigenvalue weighted by Gasteiger charge is 2.55. The zero-order valence-electron chi connectivity index (χ0n) is 19.4. The molecule has 0 radical (unpaired) electrons. The number of nitrogens with zero attached hydrogens (tertiary/aromatic N) is 1. The fraction of sp³-hybridized carbons (Fsp3) is 0.375. The SMILES string of the molecule is CC[C@H](C)[C@@H](C(=O)O)C(=O)OCN1C(=O)[C@@](F)(c2cc(Cl)ccc2OC)c2ccc(C(F)(F)F)cc21. The maximum Gasteiger partial charge on any atom is 0.416 e. The molecular formula is C24H22ClF4NO6. The van der Waals surface area contributed by atoms with Crippen molar-refractivity contribution in [3.05, 3.63) is 58.1 Å². The molecule has 3 atom stereocenters. The van der Waals surface area contributed by atoms with Crippen LogP contribution in [0, 0.1) is 11.8 Å². The number of aliphatic carboxylic acids is 1. The smallest absolute Gasteiger partial charge is 0.416 e. The van der Waals surface area contributed by atoms with E-state index in [0.29, 0.717) is 23.5 Å². The van der Waals surface area contributed by atoms with Crippen LogP contribution in [0.5, 0.6) is 5.75 Å². The zero-order chi connectivity index (χ0) is 27.0. The van der Waals surface area contributed by atoms with Crippen LogP contribution in [0.1, 0.15) is 37.0 Å². The highest BCUT2D eigenvalue weighted by molar-refractivity contribution is 6.30. The van der Waals surface area contributed by atoms with Gasteiger partial charge < -0.3 is 14.6 Å². The van der Waals surface area contributed by atoms with Crippen molar-refractivity contribution in [1.82, 2.24) is 0 Å². The Labute approximate surface area is 208 Å². The predicted molar refractivity (Wildman–Crippen MR) is 120 cm³/mol. The van der Waals surface area contributed by atoms with Crippen LogP contribution in [0.2, 0.25) is 5.02 Å². The molecule has 0 aromatic heterocycles. The summed E-state index contributed by atoms with van der Waals surface area (Å²) in [7, 11) is 1.21. The lowest BCUT2D eigenvalue weighted by Gasteiger charge is -2.24. The third-order valence-corrected chi connectivity index (χ3v) is 6.36. The van der Waals surface area contributed by atoms with Crippen molar-refractivity contribution in [2.45, 2.75) is 32.1 Å². The first-order valence-corrected chi connectivity index (χ1v) is 11.1. The molecule has 1 amide bonds. The largest absolute Gasteiger partial charge is 0.496 e. The quantitative estimate of drug-likeness (QED) is 0.287. The summed E-state index contributed by atoms with van der Waals surface area (Å²) in [6.07, 6.45) is -4.50. The van der Waals surface area contributed by atoms with E-state index in [1.165, 1.54) is 26.2 Å². The van der Waals surface area contributed by atoms with Crippen LogP contribution >= 0.6 is 11.6 Å². The molecular weight excluding hydrogens is 510 g/mol. The third kappa shape index (κ3) is 4.71. The standard InChI is InChI=1S/C24H22ClF4NO6/c1-4-12(2)19(20(31)32)21(33)36-11-30-17-9-13(24(27,28)29)5-7-15(17)23(26,22(30)34)16-10-14(25)6-8-18(16)35-3/h5-10,12,19H,4,11H2,1-3H3,(H,31,32)/t12-,19-,23-/m0/s1. The van der Waals surface area contributed by atoms with Gasteiger partial charge in [-0.05, 0) is 36.2 Å². The van der Waals surface area contributed by atoms with Gasteiger partial charge in [0.15, 0.2) is 12.6 Å². The van der Waals surface area contributed by atoms with Crippen molar-refractivity contribution < 1.29 is 46.5 Å². The first-order valence-electron chi connectivity index (χ1n) is 10.7. The van der Waals surface area contributed by atoms with E-state index < -0.39 is 65.1 Å². The molecule has 0 bridgehead atoms. The average molecular weight is 532 g/mol. The van der Waals surface area contributed by atoms with Crippen LogP contribution in [0.3, 0.4) is 0 Å². The number of carboxylic acids is 1. The Morgan fingerprint density at radius 3 is 2.39 bits per heavy atom. The fourth-order valence-electron chi connectivity index (χ4n) is 4.00. The van der Waals surface area contributed by atoms with Crippen LogP contribution in [-0.2, 0) is 31.0 Å². The van der Waals surface area contributed by atoms with Gasteiger partial charge in [0.1, 0.15) is 5.75 Å². The summed E-state index contributed by atoms with van der Waals surface area (Å²) in [5.74, 6) is -6.36. The number of esters is 1. The minimum Gasteiger partial charge on any atom is -0.496 e. The minimum absolute atomic E-state index is 0.0341. The molecule has 1 aliphatic rings. The number of ether oxygens (including phenoxy) is 2. The van der Waals surface area contributed by atoms with E-state index in [1.807, 2.05) is 0 Å². The molecule has 0 saturated carbocycles. The highest BCUT2D eigenvalue weighted by atomic mass is 35.5. The summed E-state index contributed by atoms with van der Waals surface area (Å²) in [5, 5.41) is 9.43.